The number of aliphatic hydroxyl groups is 1. The maximum atomic E-state index is 14.1. The van der Waals surface area contributed by atoms with Crippen LogP contribution in [0.2, 0.25) is 0 Å². The first-order chi connectivity index (χ1) is 20.1. The largest absolute Gasteiger partial charge is 0.481 e. The van der Waals surface area contributed by atoms with Gasteiger partial charge in [-0.25, -0.2) is 0 Å². The molecule has 0 bridgehead atoms. The molecule has 3 aliphatic rings. The van der Waals surface area contributed by atoms with Gasteiger partial charge in [0.05, 0.1) is 11.6 Å². The van der Waals surface area contributed by atoms with Gasteiger partial charge >= 0.3 is 0 Å². The van der Waals surface area contributed by atoms with E-state index in [1.54, 1.807) is 14.2 Å². The Morgan fingerprint density at radius 2 is 1.88 bits per heavy atom. The number of rotatable bonds is 15. The van der Waals surface area contributed by atoms with E-state index in [2.05, 4.69) is 19.2 Å². The maximum Gasteiger partial charge on any atom is 0.231 e. The van der Waals surface area contributed by atoms with Crippen molar-refractivity contribution in [3.8, 4) is 5.75 Å². The van der Waals surface area contributed by atoms with Crippen LogP contribution in [-0.4, -0.2) is 81.7 Å². The van der Waals surface area contributed by atoms with Crippen molar-refractivity contribution in [3.63, 3.8) is 0 Å². The second-order valence-electron chi connectivity index (χ2n) is 13.3. The van der Waals surface area contributed by atoms with E-state index in [0.717, 1.165) is 50.1 Å². The molecule has 1 aliphatic carbocycles. The van der Waals surface area contributed by atoms with Crippen LogP contribution in [0.5, 0.6) is 5.75 Å². The number of aliphatic hydroxyl groups excluding tert-OH is 1. The van der Waals surface area contributed by atoms with Gasteiger partial charge in [0, 0.05) is 71.1 Å². The molecule has 2 N–H and O–H groups in total. The normalized spacial score (nSPS) is 24.2. The molecule has 1 saturated heterocycles. The molecule has 1 unspecified atom stereocenters. The summed E-state index contributed by atoms with van der Waals surface area (Å²) < 4.78 is 16.8. The molecular weight excluding hydrogens is 534 g/mol. The molecule has 1 amide bonds. The molecule has 9 nitrogen and oxygen atoms in total. The molecule has 9 heteroatoms. The zero-order valence-electron chi connectivity index (χ0n) is 26.6. The molecular formula is C33H53N3O6. The van der Waals surface area contributed by atoms with Gasteiger partial charge in [0.1, 0.15) is 17.1 Å². The first-order valence-corrected chi connectivity index (χ1v) is 15.9. The molecule has 1 saturated carbocycles. The molecule has 0 radical (unpaired) electrons. The first-order valence-electron chi connectivity index (χ1n) is 15.9. The van der Waals surface area contributed by atoms with Crippen LogP contribution in [0.4, 0.5) is 11.4 Å². The smallest absolute Gasteiger partial charge is 0.231 e. The standard InChI is InChI=1S/C33H53N3O6/c1-22(2)23(21-41-6)9-7-10-29(37)24-17-25(20-34-19-24)31(38)36(26-11-12-26)27-13-14-30-28(18-27)35(15-8-16-40-5)32(39)33(3,4)42-30/h13-14,18,22-26,32,34,39H,7-12,15-17,19-21H2,1-6H3/t23-,24-,25+,32?/m0/s1. The van der Waals surface area contributed by atoms with Gasteiger partial charge in [0.2, 0.25) is 5.91 Å². The van der Waals surface area contributed by atoms with Gasteiger partial charge in [-0.15, -0.1) is 0 Å². The van der Waals surface area contributed by atoms with E-state index in [-0.39, 0.29) is 29.6 Å². The van der Waals surface area contributed by atoms with Crippen molar-refractivity contribution in [2.75, 3.05) is 56.9 Å². The first kappa shape index (κ1) is 32.7. The number of Topliss-reactive ketones (excluding diaryl/α,β-unsaturated/α-hetero) is 1. The predicted octanol–water partition coefficient (Wildman–Crippen LogP) is 4.40. The van der Waals surface area contributed by atoms with Crippen molar-refractivity contribution in [3.05, 3.63) is 18.2 Å². The van der Waals surface area contributed by atoms with Crippen molar-refractivity contribution in [1.29, 1.82) is 0 Å². The predicted molar refractivity (Wildman–Crippen MR) is 165 cm³/mol. The van der Waals surface area contributed by atoms with E-state index < -0.39 is 11.8 Å². The fourth-order valence-corrected chi connectivity index (χ4v) is 6.42. The topological polar surface area (TPSA) is 101 Å². The summed E-state index contributed by atoms with van der Waals surface area (Å²) in [4.78, 5) is 31.2. The highest BCUT2D eigenvalue weighted by atomic mass is 16.5. The van der Waals surface area contributed by atoms with E-state index in [4.69, 9.17) is 14.2 Å². The van der Waals surface area contributed by atoms with Gasteiger partial charge in [-0.2, -0.15) is 0 Å². The summed E-state index contributed by atoms with van der Waals surface area (Å²) in [6.45, 7) is 11.3. The lowest BCUT2D eigenvalue weighted by molar-refractivity contribution is -0.127. The summed E-state index contributed by atoms with van der Waals surface area (Å²) in [5.41, 5.74) is 0.833. The highest BCUT2D eigenvalue weighted by Gasteiger charge is 2.43. The number of methoxy groups -OCH3 is 2. The zero-order chi connectivity index (χ0) is 30.4. The lowest BCUT2D eigenvalue weighted by Crippen LogP contribution is -2.56. The van der Waals surface area contributed by atoms with Crippen molar-refractivity contribution >= 4 is 23.1 Å². The van der Waals surface area contributed by atoms with Crippen LogP contribution in [0.25, 0.3) is 0 Å². The Kier molecular flexibility index (Phi) is 11.3. The number of hydrogen-bond donors (Lipinski definition) is 2. The van der Waals surface area contributed by atoms with E-state index in [1.165, 1.54) is 0 Å². The summed E-state index contributed by atoms with van der Waals surface area (Å²) in [6.07, 6.45) is 4.83. The van der Waals surface area contributed by atoms with E-state index in [9.17, 15) is 14.7 Å². The lowest BCUT2D eigenvalue weighted by Gasteiger charge is -2.45. The van der Waals surface area contributed by atoms with E-state index in [0.29, 0.717) is 56.7 Å². The zero-order valence-corrected chi connectivity index (χ0v) is 26.6. The number of ether oxygens (including phenoxy) is 3. The van der Waals surface area contributed by atoms with E-state index in [1.807, 2.05) is 41.8 Å². The van der Waals surface area contributed by atoms with Crippen molar-refractivity contribution < 1.29 is 28.9 Å². The number of carbonyl (C=O) groups is 2. The Hall–Kier alpha value is -2.20. The maximum absolute atomic E-state index is 14.1. The second kappa shape index (κ2) is 14.5. The van der Waals surface area contributed by atoms with E-state index >= 15 is 0 Å². The SMILES string of the molecule is COCCCN1c2cc(N(C(=O)[C@H]3CNC[C@@H](C(=O)CCC[C@@H](COC)C(C)C)C3)C3CC3)ccc2OC(C)(C)C1O. The molecule has 4 atom stereocenters. The highest BCUT2D eigenvalue weighted by molar-refractivity contribution is 5.97. The third-order valence-corrected chi connectivity index (χ3v) is 9.19. The van der Waals surface area contributed by atoms with Gasteiger partial charge in [-0.3, -0.25) is 9.59 Å². The molecule has 236 valence electrons. The Morgan fingerprint density at radius 1 is 1.14 bits per heavy atom. The van der Waals surface area contributed by atoms with Gasteiger partial charge in [-0.1, -0.05) is 13.8 Å². The van der Waals surface area contributed by atoms with Gasteiger partial charge in [-0.05, 0) is 82.4 Å². The number of fused-ring (bicyclic) bond motifs is 1. The fourth-order valence-electron chi connectivity index (χ4n) is 6.42. The average molecular weight is 588 g/mol. The van der Waals surface area contributed by atoms with Crippen LogP contribution in [0.1, 0.15) is 72.6 Å². The second-order valence-corrected chi connectivity index (χ2v) is 13.3. The molecule has 0 aromatic heterocycles. The monoisotopic (exact) mass is 587 g/mol. The molecule has 2 aliphatic heterocycles. The molecule has 0 spiro atoms. The van der Waals surface area contributed by atoms with Crippen molar-refractivity contribution in [2.24, 2.45) is 23.7 Å². The average Bonchev–Trinajstić information content (AvgIpc) is 3.80. The van der Waals surface area contributed by atoms with Crippen molar-refractivity contribution in [1.82, 2.24) is 5.32 Å². The van der Waals surface area contributed by atoms with Crippen LogP contribution in [-0.2, 0) is 19.1 Å². The Balaban J connectivity index is 1.46. The Bertz CT molecular complexity index is 1060. The number of nitrogens with zero attached hydrogens (tertiary/aromatic N) is 2. The number of amides is 1. The summed E-state index contributed by atoms with van der Waals surface area (Å²) in [7, 11) is 3.41. The number of piperidine rings is 1. The summed E-state index contributed by atoms with van der Waals surface area (Å²) >= 11 is 0. The van der Waals surface area contributed by atoms with Crippen LogP contribution >= 0.6 is 0 Å². The number of nitrogens with one attached hydrogen (secondary N) is 1. The minimum Gasteiger partial charge on any atom is -0.481 e. The fraction of sp³-hybridized carbons (Fsp3) is 0.758. The van der Waals surface area contributed by atoms with Gasteiger partial charge < -0.3 is 34.4 Å². The summed E-state index contributed by atoms with van der Waals surface area (Å²) in [5.74, 6) is 1.62. The number of hydrogen-bond acceptors (Lipinski definition) is 8. The summed E-state index contributed by atoms with van der Waals surface area (Å²) in [5, 5.41) is 14.6. The quantitative estimate of drug-likeness (QED) is 0.292. The molecule has 2 heterocycles. The number of carbonyl (C=O) groups excluding carboxylic acids is 2. The Labute approximate surface area is 252 Å². The summed E-state index contributed by atoms with van der Waals surface area (Å²) in [6, 6.07) is 6.03. The molecule has 1 aromatic carbocycles. The molecule has 1 aromatic rings. The van der Waals surface area contributed by atoms with Gasteiger partial charge in [0.25, 0.3) is 0 Å². The number of ketones is 1. The number of anilines is 2. The third-order valence-electron chi connectivity index (χ3n) is 9.19. The lowest BCUT2D eigenvalue weighted by atomic mass is 9.84. The third kappa shape index (κ3) is 7.84. The van der Waals surface area contributed by atoms with Crippen LogP contribution in [0.15, 0.2) is 18.2 Å². The van der Waals surface area contributed by atoms with Crippen LogP contribution in [0, 0.1) is 23.7 Å². The number of benzene rings is 1. The molecule has 4 rings (SSSR count). The highest BCUT2D eigenvalue weighted by Crippen LogP contribution is 2.44. The molecule has 2 fully saturated rings. The minimum absolute atomic E-state index is 0.0750. The minimum atomic E-state index is -0.832. The van der Waals surface area contributed by atoms with Crippen LogP contribution < -0.4 is 19.9 Å². The van der Waals surface area contributed by atoms with Crippen molar-refractivity contribution in [2.45, 2.75) is 90.5 Å². The van der Waals surface area contributed by atoms with Crippen LogP contribution in [0.3, 0.4) is 0 Å². The van der Waals surface area contributed by atoms with Gasteiger partial charge in [0.15, 0.2) is 6.23 Å². The molecule has 42 heavy (non-hydrogen) atoms. The Morgan fingerprint density at radius 3 is 2.55 bits per heavy atom.